The lowest BCUT2D eigenvalue weighted by atomic mass is 10.1. The van der Waals surface area contributed by atoms with E-state index in [1.54, 1.807) is 0 Å². The van der Waals surface area contributed by atoms with Gasteiger partial charge in [0.2, 0.25) is 11.6 Å². The minimum Gasteiger partial charge on any atom is -0.369 e. The van der Waals surface area contributed by atoms with E-state index in [-0.39, 0.29) is 17.5 Å². The number of rotatable bonds is 3. The Balaban J connectivity index is 2.45. The van der Waals surface area contributed by atoms with Crippen molar-refractivity contribution in [3.63, 3.8) is 0 Å². The molecule has 1 aromatic heterocycles. The van der Waals surface area contributed by atoms with Gasteiger partial charge in [-0.2, -0.15) is 4.98 Å². The minimum absolute atomic E-state index is 0.0412. The van der Waals surface area contributed by atoms with Gasteiger partial charge in [0.1, 0.15) is 0 Å². The van der Waals surface area contributed by atoms with Gasteiger partial charge >= 0.3 is 0 Å². The van der Waals surface area contributed by atoms with Crippen LogP contribution in [0.15, 0.2) is 28.2 Å². The molecule has 98 valence electrons. The van der Waals surface area contributed by atoms with Crippen LogP contribution in [-0.4, -0.2) is 9.97 Å². The molecule has 0 bridgehead atoms. The van der Waals surface area contributed by atoms with Crippen LogP contribution in [0.2, 0.25) is 0 Å². The summed E-state index contributed by atoms with van der Waals surface area (Å²) in [4.78, 5) is 28.3. The summed E-state index contributed by atoms with van der Waals surface area (Å²) in [5.74, 6) is -0.0387. The van der Waals surface area contributed by atoms with E-state index < -0.39 is 5.56 Å². The van der Waals surface area contributed by atoms with Gasteiger partial charge in [0.05, 0.1) is 0 Å². The number of nitrogens with two attached hydrogens (primary N) is 1. The zero-order valence-electron chi connectivity index (χ0n) is 10.5. The summed E-state index contributed by atoms with van der Waals surface area (Å²) in [5, 5.41) is 5.54. The van der Waals surface area contributed by atoms with Crippen LogP contribution in [0.4, 0.5) is 23.1 Å². The highest BCUT2D eigenvalue weighted by molar-refractivity contribution is 5.68. The summed E-state index contributed by atoms with van der Waals surface area (Å²) in [6.07, 6.45) is 0. The van der Waals surface area contributed by atoms with Crippen molar-refractivity contribution >= 4 is 23.1 Å². The van der Waals surface area contributed by atoms with Gasteiger partial charge in [-0.25, -0.2) is 0 Å². The highest BCUT2D eigenvalue weighted by atomic mass is 16.3. The second-order valence-corrected chi connectivity index (χ2v) is 4.16. The van der Waals surface area contributed by atoms with Crippen molar-refractivity contribution in [1.82, 2.24) is 9.97 Å². The molecular formula is C12H13N5O2. The van der Waals surface area contributed by atoms with Gasteiger partial charge in [0, 0.05) is 5.69 Å². The fourth-order valence-electron chi connectivity index (χ4n) is 1.61. The number of aryl methyl sites for hydroxylation is 2. The van der Waals surface area contributed by atoms with E-state index in [1.165, 1.54) is 0 Å². The van der Waals surface area contributed by atoms with Gasteiger partial charge < -0.3 is 11.1 Å². The van der Waals surface area contributed by atoms with Gasteiger partial charge in [-0.05, 0) is 42.3 Å². The first-order valence-corrected chi connectivity index (χ1v) is 5.58. The smallest absolute Gasteiger partial charge is 0.284 e. The maximum Gasteiger partial charge on any atom is 0.284 e. The van der Waals surface area contributed by atoms with Gasteiger partial charge in [0.15, 0.2) is 5.82 Å². The molecule has 0 aliphatic heterocycles. The maximum absolute atomic E-state index is 11.5. The second-order valence-electron chi connectivity index (χ2n) is 4.16. The van der Waals surface area contributed by atoms with Crippen LogP contribution in [0, 0.1) is 18.8 Å². The standard InChI is InChI=1S/C12H13N5O2/c1-6-3-4-8(5-7(6)2)14-10-9(17-19)11(18)16-12(13)15-10/h3-5H,1-2H3,(H4,13,14,15,16,18). The molecular weight excluding hydrogens is 246 g/mol. The Morgan fingerprint density at radius 1 is 1.32 bits per heavy atom. The number of hydrogen-bond donors (Lipinski definition) is 3. The van der Waals surface area contributed by atoms with Gasteiger partial charge in [-0.15, -0.1) is 4.91 Å². The number of anilines is 3. The average Bonchev–Trinajstić information content (AvgIpc) is 2.33. The molecule has 0 aliphatic carbocycles. The highest BCUT2D eigenvalue weighted by Gasteiger charge is 2.11. The van der Waals surface area contributed by atoms with Crippen molar-refractivity contribution in [2.24, 2.45) is 5.18 Å². The van der Waals surface area contributed by atoms with E-state index in [1.807, 2.05) is 32.0 Å². The summed E-state index contributed by atoms with van der Waals surface area (Å²) in [7, 11) is 0. The van der Waals surface area contributed by atoms with Gasteiger partial charge in [-0.3, -0.25) is 9.78 Å². The lowest BCUT2D eigenvalue weighted by Crippen LogP contribution is -2.13. The van der Waals surface area contributed by atoms with E-state index in [9.17, 15) is 9.70 Å². The molecule has 1 aromatic carbocycles. The number of H-pyrrole nitrogens is 1. The van der Waals surface area contributed by atoms with Crippen molar-refractivity contribution in [2.45, 2.75) is 13.8 Å². The summed E-state index contributed by atoms with van der Waals surface area (Å²) < 4.78 is 0. The van der Waals surface area contributed by atoms with Crippen molar-refractivity contribution in [1.29, 1.82) is 0 Å². The zero-order chi connectivity index (χ0) is 14.0. The number of aromatic amines is 1. The molecule has 0 saturated heterocycles. The van der Waals surface area contributed by atoms with Crippen LogP contribution in [0.3, 0.4) is 0 Å². The number of nitrogen functional groups attached to an aromatic ring is 1. The van der Waals surface area contributed by atoms with Crippen molar-refractivity contribution in [3.05, 3.63) is 44.6 Å². The Morgan fingerprint density at radius 3 is 2.68 bits per heavy atom. The Labute approximate surface area is 108 Å². The summed E-state index contributed by atoms with van der Waals surface area (Å²) in [6, 6.07) is 5.61. The molecule has 0 amide bonds. The molecule has 2 rings (SSSR count). The molecule has 0 aliphatic rings. The predicted octanol–water partition coefficient (Wildman–Crippen LogP) is 2.11. The first-order chi connectivity index (χ1) is 9.01. The zero-order valence-corrected chi connectivity index (χ0v) is 10.5. The SMILES string of the molecule is Cc1ccc(Nc2nc(N)[nH]c(=O)c2N=O)cc1C. The second kappa shape index (κ2) is 4.89. The van der Waals surface area contributed by atoms with Crippen molar-refractivity contribution in [2.75, 3.05) is 11.1 Å². The maximum atomic E-state index is 11.5. The van der Waals surface area contributed by atoms with E-state index >= 15 is 0 Å². The summed E-state index contributed by atoms with van der Waals surface area (Å²) in [5.41, 5.74) is 7.35. The van der Waals surface area contributed by atoms with Crippen LogP contribution in [0.1, 0.15) is 11.1 Å². The lowest BCUT2D eigenvalue weighted by Gasteiger charge is -2.09. The third-order valence-corrected chi connectivity index (χ3v) is 2.77. The van der Waals surface area contributed by atoms with Crippen molar-refractivity contribution in [3.8, 4) is 0 Å². The fraction of sp³-hybridized carbons (Fsp3) is 0.167. The monoisotopic (exact) mass is 259 g/mol. The first-order valence-electron chi connectivity index (χ1n) is 5.58. The molecule has 0 spiro atoms. The first kappa shape index (κ1) is 12.7. The van der Waals surface area contributed by atoms with E-state index in [0.717, 1.165) is 11.1 Å². The molecule has 7 nitrogen and oxygen atoms in total. The van der Waals surface area contributed by atoms with Crippen molar-refractivity contribution < 1.29 is 0 Å². The summed E-state index contributed by atoms with van der Waals surface area (Å²) in [6.45, 7) is 3.94. The van der Waals surface area contributed by atoms with E-state index in [2.05, 4.69) is 20.5 Å². The lowest BCUT2D eigenvalue weighted by molar-refractivity contribution is 1.12. The molecule has 1 heterocycles. The molecule has 4 N–H and O–H groups in total. The van der Waals surface area contributed by atoms with Crippen LogP contribution < -0.4 is 16.6 Å². The number of nitrogens with one attached hydrogen (secondary N) is 2. The normalized spacial score (nSPS) is 10.2. The van der Waals surface area contributed by atoms with Gasteiger partial charge in [-0.1, -0.05) is 6.07 Å². The average molecular weight is 259 g/mol. The van der Waals surface area contributed by atoms with E-state index in [4.69, 9.17) is 5.73 Å². The number of benzene rings is 1. The third-order valence-electron chi connectivity index (χ3n) is 2.77. The molecule has 0 fully saturated rings. The highest BCUT2D eigenvalue weighted by Crippen LogP contribution is 2.23. The van der Waals surface area contributed by atoms with Crippen LogP contribution in [-0.2, 0) is 0 Å². The Hall–Kier alpha value is -2.70. The minimum atomic E-state index is -0.672. The Morgan fingerprint density at radius 2 is 2.05 bits per heavy atom. The molecule has 2 aromatic rings. The Bertz CT molecular complexity index is 693. The molecule has 7 heteroatoms. The van der Waals surface area contributed by atoms with Crippen LogP contribution in [0.25, 0.3) is 0 Å². The molecule has 19 heavy (non-hydrogen) atoms. The Kier molecular flexibility index (Phi) is 3.28. The van der Waals surface area contributed by atoms with Crippen LogP contribution in [0.5, 0.6) is 0 Å². The van der Waals surface area contributed by atoms with Crippen LogP contribution >= 0.6 is 0 Å². The quantitative estimate of drug-likeness (QED) is 0.730. The molecule has 0 atom stereocenters. The number of aromatic nitrogens is 2. The third kappa shape index (κ3) is 2.59. The largest absolute Gasteiger partial charge is 0.369 e. The topological polar surface area (TPSA) is 113 Å². The van der Waals surface area contributed by atoms with Gasteiger partial charge in [0.25, 0.3) is 5.56 Å². The molecule has 0 radical (unpaired) electrons. The number of nitrogens with zero attached hydrogens (tertiary/aromatic N) is 2. The fourth-order valence-corrected chi connectivity index (χ4v) is 1.61. The van der Waals surface area contributed by atoms with E-state index in [0.29, 0.717) is 5.69 Å². The summed E-state index contributed by atoms with van der Waals surface area (Å²) >= 11 is 0. The molecule has 0 unspecified atom stereocenters. The molecule has 0 saturated carbocycles. The predicted molar refractivity (Wildman–Crippen MR) is 73.9 cm³/mol. The number of hydrogen-bond acceptors (Lipinski definition) is 6. The number of nitroso groups, excluding NO2 is 1.